The van der Waals surface area contributed by atoms with Crippen molar-refractivity contribution in [2.24, 2.45) is 5.10 Å². The molecule has 3 N–H and O–H groups in total. The largest absolute Gasteiger partial charge is 0.329 e. The van der Waals surface area contributed by atoms with Gasteiger partial charge in [0.1, 0.15) is 5.82 Å². The quantitative estimate of drug-likeness (QED) is 0.321. The van der Waals surface area contributed by atoms with Crippen molar-refractivity contribution in [1.82, 2.24) is 5.43 Å². The van der Waals surface area contributed by atoms with Gasteiger partial charge in [-0.1, -0.05) is 35.9 Å². The van der Waals surface area contributed by atoms with Gasteiger partial charge in [0.25, 0.3) is 5.91 Å². The second-order valence-electron chi connectivity index (χ2n) is 6.21. The van der Waals surface area contributed by atoms with Crippen LogP contribution in [0.1, 0.15) is 15.9 Å². The lowest BCUT2D eigenvalue weighted by Crippen LogP contribution is -2.33. The first-order valence-electron chi connectivity index (χ1n) is 8.98. The molecule has 0 radical (unpaired) electrons. The molecule has 9 heteroatoms. The number of carbonyl (C=O) groups is 3. The summed E-state index contributed by atoms with van der Waals surface area (Å²) in [6.07, 6.45) is 1.26. The molecule has 0 saturated heterocycles. The number of amides is 3. The topological polar surface area (TPSA) is 99.7 Å². The number of anilines is 2. The molecule has 156 valence electrons. The van der Waals surface area contributed by atoms with Gasteiger partial charge >= 0.3 is 11.8 Å². The van der Waals surface area contributed by atoms with E-state index in [0.717, 1.165) is 0 Å². The molecule has 0 spiro atoms. The first kappa shape index (κ1) is 21.7. The van der Waals surface area contributed by atoms with Crippen LogP contribution < -0.4 is 16.1 Å². The molecule has 0 aliphatic heterocycles. The molecular weight excluding hydrogens is 423 g/mol. The Labute approximate surface area is 181 Å². The third-order valence-electron chi connectivity index (χ3n) is 3.98. The number of nitrogens with one attached hydrogen (secondary N) is 3. The predicted molar refractivity (Wildman–Crippen MR) is 117 cm³/mol. The van der Waals surface area contributed by atoms with E-state index in [4.69, 9.17) is 11.6 Å². The van der Waals surface area contributed by atoms with E-state index in [-0.39, 0.29) is 11.3 Å². The van der Waals surface area contributed by atoms with Crippen LogP contribution in [-0.2, 0) is 9.59 Å². The number of rotatable bonds is 5. The third kappa shape index (κ3) is 6.22. The van der Waals surface area contributed by atoms with E-state index in [1.807, 2.05) is 0 Å². The maximum absolute atomic E-state index is 12.9. The minimum Gasteiger partial charge on any atom is -0.322 e. The minimum absolute atomic E-state index is 0.150. The lowest BCUT2D eigenvalue weighted by molar-refractivity contribution is -0.136. The Morgan fingerprint density at radius 3 is 2.23 bits per heavy atom. The number of halogens is 2. The van der Waals surface area contributed by atoms with E-state index in [1.165, 1.54) is 42.6 Å². The van der Waals surface area contributed by atoms with Crippen molar-refractivity contribution in [2.75, 3.05) is 10.6 Å². The van der Waals surface area contributed by atoms with Gasteiger partial charge in [-0.2, -0.15) is 5.10 Å². The van der Waals surface area contributed by atoms with Gasteiger partial charge < -0.3 is 10.6 Å². The minimum atomic E-state index is -1.04. The standard InChI is InChI=1S/C22H16ClFN4O3/c23-15-7-11-17(12-8-15)26-20(29)18-3-1-2-4-19(18)27-21(30)22(31)28-25-13-14-5-9-16(24)10-6-14/h1-13H,(H,26,29)(H,27,30)(H,28,31)/b25-13-. The summed E-state index contributed by atoms with van der Waals surface area (Å²) in [6, 6.07) is 18.1. The van der Waals surface area contributed by atoms with E-state index < -0.39 is 23.5 Å². The van der Waals surface area contributed by atoms with Crippen molar-refractivity contribution in [2.45, 2.75) is 0 Å². The first-order chi connectivity index (χ1) is 14.9. The molecular formula is C22H16ClFN4O3. The van der Waals surface area contributed by atoms with Crippen LogP contribution >= 0.6 is 11.6 Å². The molecule has 7 nitrogen and oxygen atoms in total. The summed E-state index contributed by atoms with van der Waals surface area (Å²) < 4.78 is 12.9. The zero-order valence-corrected chi connectivity index (χ0v) is 16.7. The fraction of sp³-hybridized carbons (Fsp3) is 0. The van der Waals surface area contributed by atoms with Crippen molar-refractivity contribution in [1.29, 1.82) is 0 Å². The van der Waals surface area contributed by atoms with Crippen molar-refractivity contribution in [3.63, 3.8) is 0 Å². The molecule has 0 heterocycles. The number of hydrogen-bond donors (Lipinski definition) is 3. The first-order valence-corrected chi connectivity index (χ1v) is 9.36. The fourth-order valence-electron chi connectivity index (χ4n) is 2.47. The number of nitrogens with zero attached hydrogens (tertiary/aromatic N) is 1. The zero-order chi connectivity index (χ0) is 22.2. The third-order valence-corrected chi connectivity index (χ3v) is 4.23. The highest BCUT2D eigenvalue weighted by Gasteiger charge is 2.17. The molecule has 3 aromatic rings. The number of carbonyl (C=O) groups excluding carboxylic acids is 3. The van der Waals surface area contributed by atoms with E-state index in [9.17, 15) is 18.8 Å². The highest BCUT2D eigenvalue weighted by molar-refractivity contribution is 6.40. The Morgan fingerprint density at radius 2 is 1.52 bits per heavy atom. The van der Waals surface area contributed by atoms with Crippen LogP contribution in [0.2, 0.25) is 5.02 Å². The van der Waals surface area contributed by atoms with Gasteiger partial charge in [-0.25, -0.2) is 9.82 Å². The Bertz CT molecular complexity index is 1130. The van der Waals surface area contributed by atoms with E-state index >= 15 is 0 Å². The highest BCUT2D eigenvalue weighted by atomic mass is 35.5. The molecule has 0 aliphatic carbocycles. The molecule has 3 amide bonds. The van der Waals surface area contributed by atoms with Crippen molar-refractivity contribution in [3.05, 3.63) is 94.8 Å². The predicted octanol–water partition coefficient (Wildman–Crippen LogP) is 3.82. The summed E-state index contributed by atoms with van der Waals surface area (Å²) >= 11 is 5.83. The summed E-state index contributed by atoms with van der Waals surface area (Å²) in [6.45, 7) is 0. The van der Waals surface area contributed by atoms with Crippen LogP contribution in [0.5, 0.6) is 0 Å². The SMILES string of the molecule is O=C(N/N=C\c1ccc(F)cc1)C(=O)Nc1ccccc1C(=O)Nc1ccc(Cl)cc1. The van der Waals surface area contributed by atoms with Gasteiger partial charge in [0.15, 0.2) is 0 Å². The number of benzene rings is 3. The molecule has 0 aliphatic rings. The van der Waals surface area contributed by atoms with E-state index in [2.05, 4.69) is 21.2 Å². The Balaban J connectivity index is 1.63. The Morgan fingerprint density at radius 1 is 0.839 bits per heavy atom. The number of para-hydroxylation sites is 1. The van der Waals surface area contributed by atoms with Gasteiger partial charge in [0.05, 0.1) is 17.5 Å². The normalized spacial score (nSPS) is 10.5. The number of hydrazone groups is 1. The summed E-state index contributed by atoms with van der Waals surface area (Å²) in [5.74, 6) is -2.93. The summed E-state index contributed by atoms with van der Waals surface area (Å²) in [5.41, 5.74) is 3.43. The molecule has 0 atom stereocenters. The van der Waals surface area contributed by atoms with Crippen LogP contribution in [0.15, 0.2) is 77.9 Å². The van der Waals surface area contributed by atoms with E-state index in [1.54, 1.807) is 36.4 Å². The molecule has 31 heavy (non-hydrogen) atoms. The van der Waals surface area contributed by atoms with Gasteiger partial charge in [-0.3, -0.25) is 14.4 Å². The second kappa shape index (κ2) is 10.1. The summed E-state index contributed by atoms with van der Waals surface area (Å²) in [5, 5.41) is 9.25. The molecule has 0 bridgehead atoms. The highest BCUT2D eigenvalue weighted by Crippen LogP contribution is 2.19. The van der Waals surface area contributed by atoms with Gasteiger partial charge in [0, 0.05) is 10.7 Å². The molecule has 0 saturated carbocycles. The fourth-order valence-corrected chi connectivity index (χ4v) is 2.59. The van der Waals surface area contributed by atoms with E-state index in [0.29, 0.717) is 16.3 Å². The molecule has 3 rings (SSSR count). The lowest BCUT2D eigenvalue weighted by atomic mass is 10.1. The van der Waals surface area contributed by atoms with Crippen LogP contribution in [0.25, 0.3) is 0 Å². The average molecular weight is 439 g/mol. The average Bonchev–Trinajstić information content (AvgIpc) is 2.77. The Hall–Kier alpha value is -4.04. The Kier molecular flexibility index (Phi) is 7.08. The van der Waals surface area contributed by atoms with Crippen LogP contribution in [0.4, 0.5) is 15.8 Å². The summed E-state index contributed by atoms with van der Waals surface area (Å²) in [7, 11) is 0. The van der Waals surface area contributed by atoms with Gasteiger partial charge in [-0.15, -0.1) is 0 Å². The van der Waals surface area contributed by atoms with Gasteiger partial charge in [0.2, 0.25) is 0 Å². The molecule has 0 aromatic heterocycles. The lowest BCUT2D eigenvalue weighted by Gasteiger charge is -2.11. The molecule has 0 unspecified atom stereocenters. The molecule has 3 aromatic carbocycles. The van der Waals surface area contributed by atoms with Crippen molar-refractivity contribution >= 4 is 46.9 Å². The maximum atomic E-state index is 12.9. The zero-order valence-electron chi connectivity index (χ0n) is 15.9. The van der Waals surface area contributed by atoms with Crippen LogP contribution in [0.3, 0.4) is 0 Å². The smallest absolute Gasteiger partial charge is 0.322 e. The van der Waals surface area contributed by atoms with Crippen LogP contribution in [0, 0.1) is 5.82 Å². The molecule has 0 fully saturated rings. The second-order valence-corrected chi connectivity index (χ2v) is 6.65. The summed E-state index contributed by atoms with van der Waals surface area (Å²) in [4.78, 5) is 36.7. The van der Waals surface area contributed by atoms with Gasteiger partial charge in [-0.05, 0) is 54.1 Å². The maximum Gasteiger partial charge on any atom is 0.329 e. The monoisotopic (exact) mass is 438 g/mol. The van der Waals surface area contributed by atoms with Crippen molar-refractivity contribution in [3.8, 4) is 0 Å². The van der Waals surface area contributed by atoms with Crippen molar-refractivity contribution < 1.29 is 18.8 Å². The number of hydrogen-bond acceptors (Lipinski definition) is 4. The van der Waals surface area contributed by atoms with Crippen LogP contribution in [-0.4, -0.2) is 23.9 Å².